The summed E-state index contributed by atoms with van der Waals surface area (Å²) in [6.45, 7) is 3.56. The number of imide groups is 1. The second-order valence-electron chi connectivity index (χ2n) is 4.07. The SMILES string of the molecule is CCC(=O)N1C(=O)O[C@H](c2ccccc2)[C@H]1C. The molecule has 4 heteroatoms. The summed E-state index contributed by atoms with van der Waals surface area (Å²) in [6, 6.07) is 9.22. The Kier molecular flexibility index (Phi) is 3.13. The molecule has 0 aromatic heterocycles. The summed E-state index contributed by atoms with van der Waals surface area (Å²) in [5, 5.41) is 0. The van der Waals surface area contributed by atoms with Gasteiger partial charge in [0.2, 0.25) is 5.91 Å². The molecule has 0 spiro atoms. The number of rotatable bonds is 2. The fraction of sp³-hybridized carbons (Fsp3) is 0.385. The number of hydrogen-bond donors (Lipinski definition) is 0. The van der Waals surface area contributed by atoms with Gasteiger partial charge in [-0.1, -0.05) is 37.3 Å². The first kappa shape index (κ1) is 11.6. The standard InChI is InChI=1S/C13H15NO3/c1-3-11(15)14-9(2)12(17-13(14)16)10-7-5-4-6-8-10/h4-9,12H,3H2,1-2H3/t9-,12+/m1/s1. The number of amides is 2. The Labute approximate surface area is 100 Å². The van der Waals surface area contributed by atoms with Crippen LogP contribution in [0.1, 0.15) is 31.9 Å². The molecule has 1 aliphatic rings. The van der Waals surface area contributed by atoms with Crippen molar-refractivity contribution in [1.82, 2.24) is 4.90 Å². The van der Waals surface area contributed by atoms with Crippen LogP contribution < -0.4 is 0 Å². The molecule has 0 radical (unpaired) electrons. The predicted molar refractivity (Wildman–Crippen MR) is 62.3 cm³/mol. The number of carbonyl (C=O) groups excluding carboxylic acids is 2. The van der Waals surface area contributed by atoms with Crippen molar-refractivity contribution in [1.29, 1.82) is 0 Å². The quantitative estimate of drug-likeness (QED) is 0.788. The fourth-order valence-electron chi connectivity index (χ4n) is 2.05. The first-order valence-electron chi connectivity index (χ1n) is 5.72. The van der Waals surface area contributed by atoms with Crippen molar-refractivity contribution in [2.24, 2.45) is 0 Å². The van der Waals surface area contributed by atoms with Gasteiger partial charge in [-0.05, 0) is 12.5 Å². The molecule has 1 fully saturated rings. The molecule has 0 bridgehead atoms. The van der Waals surface area contributed by atoms with E-state index in [0.29, 0.717) is 6.42 Å². The van der Waals surface area contributed by atoms with E-state index >= 15 is 0 Å². The van der Waals surface area contributed by atoms with Gasteiger partial charge in [0.05, 0.1) is 6.04 Å². The molecule has 0 saturated carbocycles. The molecule has 0 unspecified atom stereocenters. The van der Waals surface area contributed by atoms with Crippen molar-refractivity contribution in [3.05, 3.63) is 35.9 Å². The topological polar surface area (TPSA) is 46.6 Å². The van der Waals surface area contributed by atoms with E-state index in [1.54, 1.807) is 6.92 Å². The van der Waals surface area contributed by atoms with E-state index in [9.17, 15) is 9.59 Å². The van der Waals surface area contributed by atoms with Crippen LogP contribution in [-0.4, -0.2) is 22.9 Å². The highest BCUT2D eigenvalue weighted by Gasteiger charge is 2.42. The average molecular weight is 233 g/mol. The highest BCUT2D eigenvalue weighted by atomic mass is 16.6. The minimum atomic E-state index is -0.543. The molecule has 2 amide bonds. The van der Waals surface area contributed by atoms with E-state index in [0.717, 1.165) is 5.56 Å². The summed E-state index contributed by atoms with van der Waals surface area (Å²) in [6.07, 6.45) is -0.599. The molecule has 2 rings (SSSR count). The van der Waals surface area contributed by atoms with E-state index in [1.165, 1.54) is 4.90 Å². The van der Waals surface area contributed by atoms with Crippen molar-refractivity contribution in [3.8, 4) is 0 Å². The van der Waals surface area contributed by atoms with E-state index < -0.39 is 6.09 Å². The molecule has 1 aromatic carbocycles. The molecule has 0 aliphatic carbocycles. The monoisotopic (exact) mass is 233 g/mol. The van der Waals surface area contributed by atoms with E-state index in [1.807, 2.05) is 37.3 Å². The second kappa shape index (κ2) is 4.57. The van der Waals surface area contributed by atoms with Crippen molar-refractivity contribution in [3.63, 3.8) is 0 Å². The van der Waals surface area contributed by atoms with E-state index in [-0.39, 0.29) is 18.1 Å². The van der Waals surface area contributed by atoms with Gasteiger partial charge in [0.15, 0.2) is 0 Å². The van der Waals surface area contributed by atoms with Crippen molar-refractivity contribution >= 4 is 12.0 Å². The number of hydrogen-bond acceptors (Lipinski definition) is 3. The number of benzene rings is 1. The smallest absolute Gasteiger partial charge is 0.417 e. The van der Waals surface area contributed by atoms with Gasteiger partial charge in [0.25, 0.3) is 0 Å². The third-order valence-corrected chi connectivity index (χ3v) is 2.97. The lowest BCUT2D eigenvalue weighted by atomic mass is 10.0. The van der Waals surface area contributed by atoms with Crippen molar-refractivity contribution in [2.45, 2.75) is 32.4 Å². The highest BCUT2D eigenvalue weighted by Crippen LogP contribution is 2.32. The number of carbonyl (C=O) groups is 2. The fourth-order valence-corrected chi connectivity index (χ4v) is 2.05. The number of nitrogens with zero attached hydrogens (tertiary/aromatic N) is 1. The first-order valence-corrected chi connectivity index (χ1v) is 5.72. The number of cyclic esters (lactones) is 1. The molecule has 1 aromatic rings. The Hall–Kier alpha value is -1.84. The summed E-state index contributed by atoms with van der Waals surface area (Å²) < 4.78 is 5.26. The first-order chi connectivity index (χ1) is 8.15. The minimum absolute atomic E-state index is 0.194. The molecule has 1 aliphatic heterocycles. The van der Waals surface area contributed by atoms with E-state index in [4.69, 9.17) is 4.74 Å². The van der Waals surface area contributed by atoms with Crippen molar-refractivity contribution < 1.29 is 14.3 Å². The number of ether oxygens (including phenoxy) is 1. The van der Waals surface area contributed by atoms with Gasteiger partial charge < -0.3 is 4.74 Å². The van der Waals surface area contributed by atoms with Crippen LogP contribution in [0.25, 0.3) is 0 Å². The summed E-state index contributed by atoms with van der Waals surface area (Å²) in [5.74, 6) is -0.194. The Morgan fingerprint density at radius 1 is 1.35 bits per heavy atom. The zero-order chi connectivity index (χ0) is 12.4. The summed E-state index contributed by atoms with van der Waals surface area (Å²) in [5.41, 5.74) is 0.916. The van der Waals surface area contributed by atoms with Crippen LogP contribution in [0.3, 0.4) is 0 Å². The molecule has 1 heterocycles. The third kappa shape index (κ3) is 2.02. The Morgan fingerprint density at radius 2 is 2.00 bits per heavy atom. The molecule has 17 heavy (non-hydrogen) atoms. The molecular formula is C13H15NO3. The van der Waals surface area contributed by atoms with Crippen LogP contribution in [0, 0.1) is 0 Å². The van der Waals surface area contributed by atoms with Crippen LogP contribution in [0.5, 0.6) is 0 Å². The maximum absolute atomic E-state index is 11.7. The molecule has 4 nitrogen and oxygen atoms in total. The maximum atomic E-state index is 11.7. The van der Waals surface area contributed by atoms with Crippen LogP contribution in [0.4, 0.5) is 4.79 Å². The maximum Gasteiger partial charge on any atom is 0.417 e. The van der Waals surface area contributed by atoms with Gasteiger partial charge in [-0.3, -0.25) is 4.79 Å². The predicted octanol–water partition coefficient (Wildman–Crippen LogP) is 2.51. The summed E-state index contributed by atoms with van der Waals surface area (Å²) in [4.78, 5) is 24.5. The van der Waals surface area contributed by atoms with Crippen LogP contribution >= 0.6 is 0 Å². The molecular weight excluding hydrogens is 218 g/mol. The van der Waals surface area contributed by atoms with Gasteiger partial charge in [0.1, 0.15) is 6.10 Å². The Balaban J connectivity index is 2.24. The van der Waals surface area contributed by atoms with Crippen LogP contribution in [0.2, 0.25) is 0 Å². The van der Waals surface area contributed by atoms with Gasteiger partial charge in [0, 0.05) is 6.42 Å². The molecule has 90 valence electrons. The molecule has 0 N–H and O–H groups in total. The van der Waals surface area contributed by atoms with Gasteiger partial charge in [-0.25, -0.2) is 9.69 Å². The largest absolute Gasteiger partial charge is 0.439 e. The zero-order valence-electron chi connectivity index (χ0n) is 9.92. The summed E-state index contributed by atoms with van der Waals surface area (Å²) in [7, 11) is 0. The van der Waals surface area contributed by atoms with Gasteiger partial charge in [-0.15, -0.1) is 0 Å². The van der Waals surface area contributed by atoms with E-state index in [2.05, 4.69) is 0 Å². The second-order valence-corrected chi connectivity index (χ2v) is 4.07. The minimum Gasteiger partial charge on any atom is -0.439 e. The summed E-state index contributed by atoms with van der Waals surface area (Å²) >= 11 is 0. The Bertz CT molecular complexity index is 430. The lowest BCUT2D eigenvalue weighted by Gasteiger charge is -2.18. The molecule has 2 atom stereocenters. The third-order valence-electron chi connectivity index (χ3n) is 2.97. The van der Waals surface area contributed by atoms with Crippen molar-refractivity contribution in [2.75, 3.05) is 0 Å². The van der Waals surface area contributed by atoms with Crippen LogP contribution in [0.15, 0.2) is 30.3 Å². The lowest BCUT2D eigenvalue weighted by Crippen LogP contribution is -2.37. The Morgan fingerprint density at radius 3 is 2.59 bits per heavy atom. The molecule has 1 saturated heterocycles. The lowest BCUT2D eigenvalue weighted by molar-refractivity contribution is -0.128. The van der Waals surface area contributed by atoms with Gasteiger partial charge >= 0.3 is 6.09 Å². The van der Waals surface area contributed by atoms with Crippen LogP contribution in [-0.2, 0) is 9.53 Å². The average Bonchev–Trinajstić information content (AvgIpc) is 2.65. The van der Waals surface area contributed by atoms with Gasteiger partial charge in [-0.2, -0.15) is 0 Å². The normalized spacial score (nSPS) is 23.6. The highest BCUT2D eigenvalue weighted by molar-refractivity contribution is 5.93. The zero-order valence-corrected chi connectivity index (χ0v) is 9.92.